The Bertz CT molecular complexity index is 1010. The third kappa shape index (κ3) is 3.36. The zero-order chi connectivity index (χ0) is 17.8. The number of benzene rings is 1. The fraction of sp³-hybridized carbons (Fsp3) is 0.118. The lowest BCUT2D eigenvalue weighted by Crippen LogP contribution is -2.28. The Hall–Kier alpha value is -3.75. The van der Waals surface area contributed by atoms with E-state index in [1.54, 1.807) is 22.8 Å². The summed E-state index contributed by atoms with van der Waals surface area (Å²) in [5, 5.41) is 18.0. The van der Waals surface area contributed by atoms with Crippen LogP contribution in [0.5, 0.6) is 5.75 Å². The van der Waals surface area contributed by atoms with Crippen LogP contribution in [-0.2, 0) is 11.3 Å². The maximum absolute atomic E-state index is 12.0. The van der Waals surface area contributed by atoms with Gasteiger partial charge in [0.25, 0.3) is 5.91 Å². The first kappa shape index (κ1) is 15.8. The highest BCUT2D eigenvalue weighted by atomic mass is 16.5. The molecule has 130 valence electrons. The van der Waals surface area contributed by atoms with Crippen molar-refractivity contribution < 1.29 is 9.53 Å². The molecular weight excluding hydrogens is 334 g/mol. The first-order chi connectivity index (χ1) is 12.8. The van der Waals surface area contributed by atoms with Gasteiger partial charge in [0.1, 0.15) is 12.1 Å². The second-order valence-corrected chi connectivity index (χ2v) is 5.51. The van der Waals surface area contributed by atoms with Crippen LogP contribution in [0.4, 0.5) is 0 Å². The molecule has 1 amide bonds. The van der Waals surface area contributed by atoms with Crippen LogP contribution >= 0.6 is 0 Å². The number of tetrazole rings is 1. The number of nitrogens with zero attached hydrogens (tertiary/aromatic N) is 6. The molecule has 4 rings (SSSR count). The van der Waals surface area contributed by atoms with Crippen LogP contribution in [0.25, 0.3) is 11.2 Å². The molecule has 3 heterocycles. The normalized spacial score (nSPS) is 10.8. The number of carbonyl (C=O) groups is 1. The van der Waals surface area contributed by atoms with Crippen molar-refractivity contribution in [2.75, 3.05) is 6.61 Å². The summed E-state index contributed by atoms with van der Waals surface area (Å²) in [6.45, 7) is 0.350. The van der Waals surface area contributed by atoms with Crippen molar-refractivity contribution in [3.8, 4) is 11.4 Å². The molecule has 9 heteroatoms. The molecule has 0 bridgehead atoms. The average Bonchev–Trinajstić information content (AvgIpc) is 3.36. The van der Waals surface area contributed by atoms with E-state index in [-0.39, 0.29) is 12.5 Å². The molecule has 0 aliphatic carbocycles. The number of hydrogen-bond acceptors (Lipinski definition) is 6. The van der Waals surface area contributed by atoms with E-state index in [4.69, 9.17) is 4.74 Å². The number of fused-ring (bicyclic) bond motifs is 1. The molecule has 9 nitrogen and oxygen atoms in total. The number of amides is 1. The van der Waals surface area contributed by atoms with Crippen molar-refractivity contribution in [3.63, 3.8) is 0 Å². The van der Waals surface area contributed by atoms with Gasteiger partial charge in [0, 0.05) is 18.9 Å². The predicted octanol–water partition coefficient (Wildman–Crippen LogP) is 1.01. The van der Waals surface area contributed by atoms with Crippen molar-refractivity contribution in [1.82, 2.24) is 35.1 Å². The molecule has 0 atom stereocenters. The van der Waals surface area contributed by atoms with Crippen molar-refractivity contribution in [2.24, 2.45) is 0 Å². The Morgan fingerprint density at radius 1 is 1.15 bits per heavy atom. The van der Waals surface area contributed by atoms with E-state index in [1.165, 1.54) is 11.0 Å². The highest BCUT2D eigenvalue weighted by Gasteiger charge is 2.06. The van der Waals surface area contributed by atoms with Gasteiger partial charge >= 0.3 is 0 Å². The highest BCUT2D eigenvalue weighted by molar-refractivity contribution is 5.77. The summed E-state index contributed by atoms with van der Waals surface area (Å²) in [6, 6.07) is 12.9. The summed E-state index contributed by atoms with van der Waals surface area (Å²) in [5.74, 6) is 0.394. The molecule has 0 unspecified atom stereocenters. The minimum Gasteiger partial charge on any atom is -0.484 e. The van der Waals surface area contributed by atoms with E-state index in [0.29, 0.717) is 12.3 Å². The second-order valence-electron chi connectivity index (χ2n) is 5.51. The maximum atomic E-state index is 12.0. The molecule has 0 spiro atoms. The van der Waals surface area contributed by atoms with E-state index in [1.807, 2.05) is 36.5 Å². The van der Waals surface area contributed by atoms with E-state index in [0.717, 1.165) is 16.8 Å². The fourth-order valence-electron chi connectivity index (χ4n) is 2.53. The molecule has 0 saturated carbocycles. The van der Waals surface area contributed by atoms with E-state index >= 15 is 0 Å². The monoisotopic (exact) mass is 349 g/mol. The number of ether oxygens (including phenoxy) is 1. The summed E-state index contributed by atoms with van der Waals surface area (Å²) in [4.78, 5) is 12.0. The van der Waals surface area contributed by atoms with Gasteiger partial charge in [-0.25, -0.2) is 9.20 Å². The first-order valence-corrected chi connectivity index (χ1v) is 7.94. The van der Waals surface area contributed by atoms with Crippen molar-refractivity contribution in [1.29, 1.82) is 0 Å². The molecule has 3 aromatic heterocycles. The van der Waals surface area contributed by atoms with E-state index < -0.39 is 0 Å². The lowest BCUT2D eigenvalue weighted by Gasteiger charge is -2.09. The van der Waals surface area contributed by atoms with Gasteiger partial charge in [-0.3, -0.25) is 4.79 Å². The Labute approximate surface area is 148 Å². The molecule has 0 saturated heterocycles. The lowest BCUT2D eigenvalue weighted by molar-refractivity contribution is -0.123. The second kappa shape index (κ2) is 7.01. The number of pyridine rings is 1. The molecule has 1 aromatic carbocycles. The van der Waals surface area contributed by atoms with Gasteiger partial charge in [0.15, 0.2) is 6.61 Å². The minimum absolute atomic E-state index is 0.0629. The first-order valence-electron chi connectivity index (χ1n) is 7.94. The van der Waals surface area contributed by atoms with Gasteiger partial charge < -0.3 is 10.1 Å². The van der Waals surface area contributed by atoms with Crippen LogP contribution in [0, 0.1) is 0 Å². The Morgan fingerprint density at radius 2 is 2.04 bits per heavy atom. The smallest absolute Gasteiger partial charge is 0.258 e. The van der Waals surface area contributed by atoms with Gasteiger partial charge in [-0.15, -0.1) is 5.10 Å². The predicted molar refractivity (Wildman–Crippen MR) is 91.7 cm³/mol. The third-order valence-electron chi connectivity index (χ3n) is 3.82. The minimum atomic E-state index is -0.198. The molecule has 0 fully saturated rings. The van der Waals surface area contributed by atoms with Gasteiger partial charge in [0.2, 0.25) is 0 Å². The molecular formula is C17H15N7O2. The number of rotatable bonds is 6. The average molecular weight is 349 g/mol. The summed E-state index contributed by atoms with van der Waals surface area (Å²) >= 11 is 0. The van der Waals surface area contributed by atoms with Crippen LogP contribution in [-0.4, -0.2) is 42.3 Å². The van der Waals surface area contributed by atoms with Crippen LogP contribution in [0.1, 0.15) is 5.56 Å². The molecule has 0 radical (unpaired) electrons. The number of nitrogens with one attached hydrogen (secondary N) is 1. The Balaban J connectivity index is 1.30. The Morgan fingerprint density at radius 3 is 2.85 bits per heavy atom. The zero-order valence-electron chi connectivity index (χ0n) is 13.7. The largest absolute Gasteiger partial charge is 0.484 e. The van der Waals surface area contributed by atoms with Crippen molar-refractivity contribution in [3.05, 3.63) is 66.7 Å². The van der Waals surface area contributed by atoms with Gasteiger partial charge in [-0.05, 0) is 52.4 Å². The topological polar surface area (TPSA) is 99.2 Å². The maximum Gasteiger partial charge on any atom is 0.258 e. The molecule has 0 aliphatic rings. The van der Waals surface area contributed by atoms with E-state index in [2.05, 4.69) is 25.9 Å². The van der Waals surface area contributed by atoms with Crippen LogP contribution < -0.4 is 10.1 Å². The molecule has 0 aliphatic heterocycles. The highest BCUT2D eigenvalue weighted by Crippen LogP contribution is 2.14. The van der Waals surface area contributed by atoms with Gasteiger partial charge in [-0.1, -0.05) is 6.07 Å². The summed E-state index contributed by atoms with van der Waals surface area (Å²) in [7, 11) is 0. The van der Waals surface area contributed by atoms with Crippen molar-refractivity contribution in [2.45, 2.75) is 6.54 Å². The third-order valence-corrected chi connectivity index (χ3v) is 3.82. The molecule has 4 aromatic rings. The van der Waals surface area contributed by atoms with Crippen LogP contribution in [0.2, 0.25) is 0 Å². The quantitative estimate of drug-likeness (QED) is 0.558. The van der Waals surface area contributed by atoms with Crippen molar-refractivity contribution >= 4 is 11.4 Å². The van der Waals surface area contributed by atoms with Gasteiger partial charge in [0.05, 0.1) is 11.2 Å². The standard InChI is InChI=1S/C17H15N7O2/c25-17(18-10-13-2-1-9-23-16(13)7-8-20-23)11-26-15-5-3-14(4-6-15)24-12-19-21-22-24/h1-9,12H,10-11H2,(H,18,25). The summed E-state index contributed by atoms with van der Waals surface area (Å²) < 4.78 is 8.81. The summed E-state index contributed by atoms with van der Waals surface area (Å²) in [5.41, 5.74) is 2.76. The lowest BCUT2D eigenvalue weighted by atomic mass is 10.2. The molecule has 1 N–H and O–H groups in total. The number of carbonyl (C=O) groups excluding carboxylic acids is 1. The number of hydrogen-bond donors (Lipinski definition) is 1. The SMILES string of the molecule is O=C(COc1ccc(-n2cnnn2)cc1)NCc1cccn2nccc12. The zero-order valence-corrected chi connectivity index (χ0v) is 13.7. The summed E-state index contributed by atoms with van der Waals surface area (Å²) in [6.07, 6.45) is 5.09. The number of aromatic nitrogens is 6. The van der Waals surface area contributed by atoms with Crippen LogP contribution in [0.15, 0.2) is 61.2 Å². The Kier molecular flexibility index (Phi) is 4.25. The van der Waals surface area contributed by atoms with Crippen LogP contribution in [0.3, 0.4) is 0 Å². The van der Waals surface area contributed by atoms with Gasteiger partial charge in [-0.2, -0.15) is 5.10 Å². The van der Waals surface area contributed by atoms with E-state index in [9.17, 15) is 4.79 Å². The molecule has 26 heavy (non-hydrogen) atoms. The fourth-order valence-corrected chi connectivity index (χ4v) is 2.53.